The third kappa shape index (κ3) is 1.75. The predicted octanol–water partition coefficient (Wildman–Crippen LogP) is 1.50. The number of rotatable bonds is 3. The van der Waals surface area contributed by atoms with Crippen molar-refractivity contribution in [1.29, 1.82) is 0 Å². The van der Waals surface area contributed by atoms with Crippen LogP contribution in [0.15, 0.2) is 12.5 Å². The van der Waals surface area contributed by atoms with E-state index in [0.29, 0.717) is 6.04 Å². The van der Waals surface area contributed by atoms with Crippen molar-refractivity contribution >= 4 is 0 Å². The molecule has 2 N–H and O–H groups in total. The molecule has 0 aliphatic heterocycles. The highest BCUT2D eigenvalue weighted by Crippen LogP contribution is 2.30. The Labute approximate surface area is 79.0 Å². The molecule has 1 aliphatic rings. The van der Waals surface area contributed by atoms with Crippen LogP contribution in [-0.2, 0) is 6.42 Å². The smallest absolute Gasteiger partial charge is 0.0950 e. The summed E-state index contributed by atoms with van der Waals surface area (Å²) in [5, 5.41) is 0. The van der Waals surface area contributed by atoms with Crippen LogP contribution in [0.5, 0.6) is 0 Å². The van der Waals surface area contributed by atoms with Crippen LogP contribution in [0.25, 0.3) is 0 Å². The van der Waals surface area contributed by atoms with E-state index in [0.717, 1.165) is 13.0 Å². The van der Waals surface area contributed by atoms with E-state index < -0.39 is 0 Å². The highest BCUT2D eigenvalue weighted by atomic mass is 15.1. The molecule has 3 heteroatoms. The Hall–Kier alpha value is -0.830. The molecule has 0 radical (unpaired) electrons. The van der Waals surface area contributed by atoms with Gasteiger partial charge in [-0.2, -0.15) is 0 Å². The Balaban J connectivity index is 2.13. The largest absolute Gasteiger partial charge is 0.332 e. The molecule has 1 aliphatic carbocycles. The van der Waals surface area contributed by atoms with Gasteiger partial charge in [0.25, 0.3) is 0 Å². The van der Waals surface area contributed by atoms with Gasteiger partial charge in [0.05, 0.1) is 6.33 Å². The molecule has 1 heterocycles. The van der Waals surface area contributed by atoms with Crippen molar-refractivity contribution in [3.05, 3.63) is 18.2 Å². The molecule has 2 rings (SSSR count). The van der Waals surface area contributed by atoms with E-state index in [2.05, 4.69) is 9.55 Å². The van der Waals surface area contributed by atoms with Gasteiger partial charge in [0.1, 0.15) is 0 Å². The molecule has 0 spiro atoms. The van der Waals surface area contributed by atoms with Gasteiger partial charge in [-0.25, -0.2) is 4.98 Å². The minimum atomic E-state index is 0.698. The van der Waals surface area contributed by atoms with Gasteiger partial charge in [-0.15, -0.1) is 0 Å². The maximum Gasteiger partial charge on any atom is 0.0950 e. The Morgan fingerprint density at radius 1 is 1.46 bits per heavy atom. The summed E-state index contributed by atoms with van der Waals surface area (Å²) in [6.45, 7) is 0.721. The highest BCUT2D eigenvalue weighted by molar-refractivity contribution is 5.01. The second-order valence-corrected chi connectivity index (χ2v) is 3.77. The van der Waals surface area contributed by atoms with Crippen LogP contribution in [0.2, 0.25) is 0 Å². The Bertz CT molecular complexity index is 261. The summed E-state index contributed by atoms with van der Waals surface area (Å²) in [6, 6.07) is 0.698. The standard InChI is InChI=1S/C10H17N3/c11-6-5-10-7-12-8-13(10)9-3-1-2-4-9/h7-9H,1-6,11H2. The first-order chi connectivity index (χ1) is 6.42. The first kappa shape index (κ1) is 8.75. The van der Waals surface area contributed by atoms with Gasteiger partial charge in [0.15, 0.2) is 0 Å². The molecule has 0 amide bonds. The van der Waals surface area contributed by atoms with Crippen molar-refractivity contribution in [2.75, 3.05) is 6.54 Å². The minimum absolute atomic E-state index is 0.698. The molecule has 0 saturated heterocycles. The monoisotopic (exact) mass is 179 g/mol. The fourth-order valence-electron chi connectivity index (χ4n) is 2.18. The van der Waals surface area contributed by atoms with E-state index in [-0.39, 0.29) is 0 Å². The summed E-state index contributed by atoms with van der Waals surface area (Å²) in [7, 11) is 0. The quantitative estimate of drug-likeness (QED) is 0.764. The second kappa shape index (κ2) is 3.92. The lowest BCUT2D eigenvalue weighted by molar-refractivity contribution is 0.500. The molecule has 72 valence electrons. The zero-order valence-corrected chi connectivity index (χ0v) is 7.95. The Morgan fingerprint density at radius 3 is 2.92 bits per heavy atom. The SMILES string of the molecule is NCCc1cncn1C1CCCC1. The van der Waals surface area contributed by atoms with Crippen molar-refractivity contribution < 1.29 is 0 Å². The summed E-state index contributed by atoms with van der Waals surface area (Å²) in [5.41, 5.74) is 6.85. The minimum Gasteiger partial charge on any atom is -0.332 e. The van der Waals surface area contributed by atoms with Crippen molar-refractivity contribution in [3.8, 4) is 0 Å². The lowest BCUT2D eigenvalue weighted by Gasteiger charge is -2.14. The van der Waals surface area contributed by atoms with Crippen LogP contribution in [0.4, 0.5) is 0 Å². The highest BCUT2D eigenvalue weighted by Gasteiger charge is 2.18. The lowest BCUT2D eigenvalue weighted by atomic mass is 10.2. The molecule has 0 bridgehead atoms. The maximum atomic E-state index is 5.55. The average Bonchev–Trinajstić information content (AvgIpc) is 2.71. The van der Waals surface area contributed by atoms with E-state index in [4.69, 9.17) is 5.73 Å². The number of aromatic nitrogens is 2. The van der Waals surface area contributed by atoms with Gasteiger partial charge in [-0.1, -0.05) is 12.8 Å². The van der Waals surface area contributed by atoms with Crippen LogP contribution in [-0.4, -0.2) is 16.1 Å². The van der Waals surface area contributed by atoms with Crippen LogP contribution in [0.1, 0.15) is 37.4 Å². The zero-order chi connectivity index (χ0) is 9.10. The van der Waals surface area contributed by atoms with E-state index in [1.165, 1.54) is 31.4 Å². The molecule has 1 saturated carbocycles. The van der Waals surface area contributed by atoms with Crippen molar-refractivity contribution in [2.45, 2.75) is 38.1 Å². The molecule has 13 heavy (non-hydrogen) atoms. The number of nitrogens with two attached hydrogens (primary N) is 1. The summed E-state index contributed by atoms with van der Waals surface area (Å²) < 4.78 is 2.32. The van der Waals surface area contributed by atoms with Gasteiger partial charge in [-0.05, 0) is 19.4 Å². The van der Waals surface area contributed by atoms with Crippen molar-refractivity contribution in [3.63, 3.8) is 0 Å². The van der Waals surface area contributed by atoms with Crippen LogP contribution >= 0.6 is 0 Å². The van der Waals surface area contributed by atoms with Gasteiger partial charge < -0.3 is 10.3 Å². The number of hydrogen-bond acceptors (Lipinski definition) is 2. The molecule has 0 unspecified atom stereocenters. The van der Waals surface area contributed by atoms with Crippen molar-refractivity contribution in [2.24, 2.45) is 5.73 Å². The van der Waals surface area contributed by atoms with E-state index in [9.17, 15) is 0 Å². The third-order valence-corrected chi connectivity index (χ3v) is 2.86. The molecular weight excluding hydrogens is 162 g/mol. The fourth-order valence-corrected chi connectivity index (χ4v) is 2.18. The molecule has 0 atom stereocenters. The second-order valence-electron chi connectivity index (χ2n) is 3.77. The molecule has 1 aromatic rings. The van der Waals surface area contributed by atoms with Crippen LogP contribution in [0, 0.1) is 0 Å². The van der Waals surface area contributed by atoms with Gasteiger partial charge in [0, 0.05) is 24.4 Å². The maximum absolute atomic E-state index is 5.55. The molecule has 1 aromatic heterocycles. The molecule has 3 nitrogen and oxygen atoms in total. The lowest BCUT2D eigenvalue weighted by Crippen LogP contribution is -2.11. The number of hydrogen-bond donors (Lipinski definition) is 1. The molecular formula is C10H17N3. The van der Waals surface area contributed by atoms with Crippen molar-refractivity contribution in [1.82, 2.24) is 9.55 Å². The first-order valence-electron chi connectivity index (χ1n) is 5.12. The molecule has 0 aromatic carbocycles. The predicted molar refractivity (Wildman–Crippen MR) is 52.5 cm³/mol. The summed E-state index contributed by atoms with van der Waals surface area (Å²) >= 11 is 0. The zero-order valence-electron chi connectivity index (χ0n) is 7.95. The van der Waals surface area contributed by atoms with Crippen LogP contribution < -0.4 is 5.73 Å². The van der Waals surface area contributed by atoms with Crippen LogP contribution in [0.3, 0.4) is 0 Å². The van der Waals surface area contributed by atoms with Gasteiger partial charge >= 0.3 is 0 Å². The van der Waals surface area contributed by atoms with E-state index in [1.807, 2.05) is 12.5 Å². The summed E-state index contributed by atoms with van der Waals surface area (Å²) in [6.07, 6.45) is 10.2. The summed E-state index contributed by atoms with van der Waals surface area (Å²) in [5.74, 6) is 0. The first-order valence-corrected chi connectivity index (χ1v) is 5.12. The topological polar surface area (TPSA) is 43.8 Å². The van der Waals surface area contributed by atoms with E-state index >= 15 is 0 Å². The summed E-state index contributed by atoms with van der Waals surface area (Å²) in [4.78, 5) is 4.19. The van der Waals surface area contributed by atoms with Gasteiger partial charge in [-0.3, -0.25) is 0 Å². The Kier molecular flexibility index (Phi) is 2.64. The fraction of sp³-hybridized carbons (Fsp3) is 0.700. The molecule has 1 fully saturated rings. The Morgan fingerprint density at radius 2 is 2.23 bits per heavy atom. The van der Waals surface area contributed by atoms with E-state index in [1.54, 1.807) is 0 Å². The van der Waals surface area contributed by atoms with Gasteiger partial charge in [0.2, 0.25) is 0 Å². The number of imidazole rings is 1. The number of nitrogens with zero attached hydrogens (tertiary/aromatic N) is 2. The third-order valence-electron chi connectivity index (χ3n) is 2.86. The average molecular weight is 179 g/mol. The normalized spacial score (nSPS) is 18.2.